The van der Waals surface area contributed by atoms with E-state index in [0.717, 1.165) is 43.7 Å². The van der Waals surface area contributed by atoms with Gasteiger partial charge in [-0.15, -0.1) is 0 Å². The Labute approximate surface area is 234 Å². The highest BCUT2D eigenvalue weighted by molar-refractivity contribution is 6.42. The van der Waals surface area contributed by atoms with E-state index in [9.17, 15) is 18.0 Å². The van der Waals surface area contributed by atoms with Crippen LogP contribution in [0, 0.1) is 0 Å². The molecule has 1 saturated carbocycles. The van der Waals surface area contributed by atoms with Gasteiger partial charge < -0.3 is 30.1 Å². The molecule has 8 nitrogen and oxygen atoms in total. The van der Waals surface area contributed by atoms with E-state index in [1.165, 1.54) is 5.56 Å². The number of urea groups is 1. The van der Waals surface area contributed by atoms with Crippen LogP contribution in [-0.2, 0) is 10.2 Å². The number of carbonyl (C=O) groups excluding carboxylic acids is 1. The molecule has 13 heteroatoms. The lowest BCUT2D eigenvalue weighted by Gasteiger charge is -2.45. The highest BCUT2D eigenvalue weighted by Crippen LogP contribution is 2.49. The molecule has 2 aromatic rings. The molecule has 3 unspecified atom stereocenters. The predicted octanol–water partition coefficient (Wildman–Crippen LogP) is 5.96. The first-order valence-electron chi connectivity index (χ1n) is 12.1. The number of amides is 2. The molecule has 0 aromatic heterocycles. The summed E-state index contributed by atoms with van der Waals surface area (Å²) in [5.74, 6) is -1.26. The van der Waals surface area contributed by atoms with Crippen molar-refractivity contribution in [3.8, 4) is 11.5 Å². The maximum Gasteiger partial charge on any atom is 0.490 e. The van der Waals surface area contributed by atoms with Gasteiger partial charge >= 0.3 is 18.2 Å². The van der Waals surface area contributed by atoms with Crippen molar-refractivity contribution in [2.24, 2.45) is 0 Å². The number of alkyl halides is 3. The van der Waals surface area contributed by atoms with Crippen molar-refractivity contribution in [3.05, 3.63) is 52.0 Å². The summed E-state index contributed by atoms with van der Waals surface area (Å²) < 4.78 is 42.7. The number of likely N-dealkylation sites (N-methyl/N-ethyl adjacent to an activating group) is 1. The van der Waals surface area contributed by atoms with Crippen LogP contribution >= 0.6 is 23.2 Å². The van der Waals surface area contributed by atoms with Crippen molar-refractivity contribution in [2.75, 3.05) is 33.1 Å². The molecule has 3 N–H and O–H groups in total. The number of anilines is 1. The van der Waals surface area contributed by atoms with Crippen LogP contribution in [0.15, 0.2) is 36.4 Å². The molecule has 2 aromatic carbocycles. The number of methoxy groups -OCH3 is 2. The first-order valence-corrected chi connectivity index (χ1v) is 12.8. The van der Waals surface area contributed by atoms with Gasteiger partial charge in [0.25, 0.3) is 0 Å². The normalized spacial score (nSPS) is 22.7. The molecule has 1 aliphatic heterocycles. The Morgan fingerprint density at radius 2 is 1.72 bits per heavy atom. The van der Waals surface area contributed by atoms with Crippen LogP contribution in [0.1, 0.15) is 31.2 Å². The monoisotopic (exact) mass is 591 g/mol. The lowest BCUT2D eigenvalue weighted by Crippen LogP contribution is -2.52. The molecular weight excluding hydrogens is 562 g/mol. The summed E-state index contributed by atoms with van der Waals surface area (Å²) in [5.41, 5.74) is 1.95. The third-order valence-corrected chi connectivity index (χ3v) is 7.98. The number of carbonyl (C=O) groups is 2. The predicted molar refractivity (Wildman–Crippen MR) is 142 cm³/mol. The van der Waals surface area contributed by atoms with Crippen molar-refractivity contribution in [1.29, 1.82) is 0 Å². The lowest BCUT2D eigenvalue weighted by molar-refractivity contribution is -0.192. The Balaban J connectivity index is 0.000000532. The molecule has 2 fully saturated rings. The molecule has 1 aliphatic carbocycles. The minimum Gasteiger partial charge on any atom is -0.493 e. The van der Waals surface area contributed by atoms with Gasteiger partial charge in [-0.05, 0) is 75.2 Å². The quantitative estimate of drug-likeness (QED) is 0.397. The van der Waals surface area contributed by atoms with E-state index in [2.05, 4.69) is 34.7 Å². The Kier molecular flexibility index (Phi) is 9.84. The average molecular weight is 592 g/mol. The minimum atomic E-state index is -5.08. The van der Waals surface area contributed by atoms with E-state index in [-0.39, 0.29) is 17.5 Å². The van der Waals surface area contributed by atoms with E-state index in [1.54, 1.807) is 32.4 Å². The number of rotatable bonds is 5. The number of hydrogen-bond acceptors (Lipinski definition) is 5. The van der Waals surface area contributed by atoms with Gasteiger partial charge in [0.05, 0.1) is 24.3 Å². The lowest BCUT2D eigenvalue weighted by atomic mass is 9.65. The van der Waals surface area contributed by atoms with Crippen LogP contribution in [0.4, 0.5) is 23.7 Å². The van der Waals surface area contributed by atoms with Gasteiger partial charge in [-0.25, -0.2) is 9.59 Å². The number of benzene rings is 2. The largest absolute Gasteiger partial charge is 0.493 e. The first-order chi connectivity index (χ1) is 18.3. The van der Waals surface area contributed by atoms with Gasteiger partial charge in [0, 0.05) is 23.2 Å². The number of carboxylic acids is 1. The Bertz CT molecular complexity index is 1200. The summed E-state index contributed by atoms with van der Waals surface area (Å²) in [7, 11) is 5.50. The van der Waals surface area contributed by atoms with Gasteiger partial charge in [0.1, 0.15) is 0 Å². The van der Waals surface area contributed by atoms with Crippen molar-refractivity contribution < 1.29 is 37.3 Å². The summed E-state index contributed by atoms with van der Waals surface area (Å²) in [6.45, 7) is 1.03. The topological polar surface area (TPSA) is 100 Å². The Morgan fingerprint density at radius 3 is 2.31 bits per heavy atom. The Morgan fingerprint density at radius 1 is 1.05 bits per heavy atom. The number of fused-ring (bicyclic) bond motifs is 1. The molecule has 4 rings (SSSR count). The van der Waals surface area contributed by atoms with Crippen molar-refractivity contribution >= 4 is 40.9 Å². The minimum absolute atomic E-state index is 0.0483. The second kappa shape index (κ2) is 12.5. The second-order valence-electron chi connectivity index (χ2n) is 9.47. The number of halogens is 5. The van der Waals surface area contributed by atoms with Crippen LogP contribution in [0.25, 0.3) is 0 Å². The highest BCUT2D eigenvalue weighted by atomic mass is 35.5. The number of nitrogens with zero attached hydrogens (tertiary/aromatic N) is 1. The van der Waals surface area contributed by atoms with Gasteiger partial charge in [-0.1, -0.05) is 29.3 Å². The Hall–Kier alpha value is -2.89. The fourth-order valence-corrected chi connectivity index (χ4v) is 5.62. The number of carboxylic acid groups (broad SMARTS) is 1. The molecule has 0 spiro atoms. The average Bonchev–Trinajstić information content (AvgIpc) is 3.22. The SMILES string of the molecule is COc1ccc(C23CCC(NC(=O)Nc4ccc(Cl)c(Cl)c4)CC2N(C)CC3)cc1OC.O=C(O)C(F)(F)F. The van der Waals surface area contributed by atoms with Gasteiger partial charge in [-0.3, -0.25) is 0 Å². The molecule has 0 radical (unpaired) electrons. The third kappa shape index (κ3) is 7.20. The van der Waals surface area contributed by atoms with Crippen LogP contribution in [0.3, 0.4) is 0 Å². The summed E-state index contributed by atoms with van der Waals surface area (Å²) in [4.78, 5) is 23.9. The molecule has 39 heavy (non-hydrogen) atoms. The van der Waals surface area contributed by atoms with Gasteiger partial charge in [-0.2, -0.15) is 13.2 Å². The van der Waals surface area contributed by atoms with Crippen molar-refractivity contribution in [2.45, 2.75) is 49.4 Å². The van der Waals surface area contributed by atoms with Crippen LogP contribution in [-0.4, -0.2) is 68.1 Å². The van der Waals surface area contributed by atoms with Gasteiger partial charge in [0.15, 0.2) is 11.5 Å². The van der Waals surface area contributed by atoms with Gasteiger partial charge in [0.2, 0.25) is 0 Å². The smallest absolute Gasteiger partial charge is 0.490 e. The number of hydrogen-bond donors (Lipinski definition) is 3. The maximum absolute atomic E-state index is 12.6. The van der Waals surface area contributed by atoms with Crippen molar-refractivity contribution in [1.82, 2.24) is 10.2 Å². The van der Waals surface area contributed by atoms with Crippen molar-refractivity contribution in [3.63, 3.8) is 0 Å². The fourth-order valence-electron chi connectivity index (χ4n) is 5.32. The molecule has 2 amide bonds. The zero-order valence-corrected chi connectivity index (χ0v) is 23.1. The van der Waals surface area contributed by atoms with Crippen LogP contribution in [0.2, 0.25) is 10.0 Å². The molecule has 214 valence electrons. The molecule has 1 heterocycles. The zero-order valence-electron chi connectivity index (χ0n) is 21.6. The highest BCUT2D eigenvalue weighted by Gasteiger charge is 2.50. The third-order valence-electron chi connectivity index (χ3n) is 7.24. The summed E-state index contributed by atoms with van der Waals surface area (Å²) in [6, 6.07) is 11.5. The van der Waals surface area contributed by atoms with E-state index < -0.39 is 12.1 Å². The molecule has 1 saturated heterocycles. The zero-order chi connectivity index (χ0) is 29.0. The first kappa shape index (κ1) is 30.6. The van der Waals surface area contributed by atoms with Crippen LogP contribution < -0.4 is 20.1 Å². The molecule has 3 atom stereocenters. The number of ether oxygens (including phenoxy) is 2. The molecule has 2 aliphatic rings. The fraction of sp³-hybridized carbons (Fsp3) is 0.462. The summed E-state index contributed by atoms with van der Waals surface area (Å²) >= 11 is 12.0. The van der Waals surface area contributed by atoms with E-state index in [4.69, 9.17) is 42.6 Å². The molecule has 0 bridgehead atoms. The number of aliphatic carboxylic acids is 1. The summed E-state index contributed by atoms with van der Waals surface area (Å²) in [6.07, 6.45) is -1.20. The summed E-state index contributed by atoms with van der Waals surface area (Å²) in [5, 5.41) is 14.0. The second-order valence-corrected chi connectivity index (χ2v) is 10.3. The maximum atomic E-state index is 12.6. The standard InChI is InChI=1S/C24H29Cl2N3O3.C2HF3O2/c1-29-11-10-24(15-4-7-20(31-2)21(12-15)32-3)9-8-17(14-22(24)29)28-23(30)27-16-5-6-18(25)19(26)13-16;3-2(4,5)1(6)7/h4-7,12-13,17,22H,8-11,14H2,1-3H3,(H2,27,28,30);(H,6,7). The van der Waals surface area contributed by atoms with Crippen LogP contribution in [0.5, 0.6) is 11.5 Å². The van der Waals surface area contributed by atoms with E-state index >= 15 is 0 Å². The molecular formula is C26H30Cl2F3N3O5. The van der Waals surface area contributed by atoms with E-state index in [1.807, 2.05) is 6.07 Å². The van der Waals surface area contributed by atoms with E-state index in [0.29, 0.717) is 21.8 Å². The number of nitrogens with one attached hydrogen (secondary N) is 2. The number of likely N-dealkylation sites (tertiary alicyclic amines) is 1.